The SMILES string of the molecule is C=C(CCCC(C)C)[C@H]1CC[C@@]2(C)C3CC[C@H]4C(C)(C)[C@@H](OC(=O)/C=C/C=C/CCCCC)CC[C@@]45C[C@@]35CC[C@]12C. The molecule has 0 aliphatic heterocycles. The maximum atomic E-state index is 12.8. The molecule has 5 aliphatic rings. The Kier molecular flexibility index (Phi) is 9.09. The molecule has 0 radical (unpaired) electrons. The maximum Gasteiger partial charge on any atom is 0.331 e. The van der Waals surface area contributed by atoms with Crippen LogP contribution in [0.2, 0.25) is 0 Å². The minimum Gasteiger partial charge on any atom is -0.459 e. The Morgan fingerprint density at radius 1 is 0.881 bits per heavy atom. The molecular formula is C40H64O2. The first-order valence-corrected chi connectivity index (χ1v) is 18.1. The molecule has 0 amide bonds. The number of carbonyl (C=O) groups excluding carboxylic acids is 1. The lowest BCUT2D eigenvalue weighted by atomic mass is 9.42. The minimum absolute atomic E-state index is 0.0301. The van der Waals surface area contributed by atoms with E-state index in [9.17, 15) is 4.79 Å². The van der Waals surface area contributed by atoms with Crippen LogP contribution in [0.1, 0.15) is 151 Å². The molecule has 1 unspecified atom stereocenters. The van der Waals surface area contributed by atoms with Crippen molar-refractivity contribution < 1.29 is 9.53 Å². The van der Waals surface area contributed by atoms with Crippen molar-refractivity contribution in [3.63, 3.8) is 0 Å². The molecule has 0 aromatic rings. The zero-order chi connectivity index (χ0) is 30.4. The van der Waals surface area contributed by atoms with Crippen LogP contribution in [0.4, 0.5) is 0 Å². The second-order valence-electron chi connectivity index (χ2n) is 17.1. The smallest absolute Gasteiger partial charge is 0.331 e. The molecule has 5 fully saturated rings. The average Bonchev–Trinajstić information content (AvgIpc) is 3.51. The minimum atomic E-state index is -0.159. The van der Waals surface area contributed by atoms with E-state index in [2.05, 4.69) is 54.5 Å². The van der Waals surface area contributed by atoms with Crippen molar-refractivity contribution in [3.05, 3.63) is 36.5 Å². The largest absolute Gasteiger partial charge is 0.459 e. The first-order chi connectivity index (χ1) is 19.9. The molecule has 2 spiro atoms. The topological polar surface area (TPSA) is 26.3 Å². The van der Waals surface area contributed by atoms with Gasteiger partial charge in [0.25, 0.3) is 0 Å². The molecule has 5 saturated carbocycles. The standard InChI is InChI=1S/C40H64O2/c1-9-10-11-12-13-14-15-19-35(41)42-34-23-25-39-28-40(39)27-26-37(7)31(30(4)18-16-17-29(2)3)22-24-38(37,8)33(40)21-20-32(39)36(34,5)6/h13-15,19,29,31-34H,4,9-12,16-18,20-28H2,1-3,5-8H3/b14-13+,19-15+/t31-,32+,33?,34+,37-,38+,39-,40+/m1/s1. The summed E-state index contributed by atoms with van der Waals surface area (Å²) >= 11 is 0. The number of fused-ring (bicyclic) bond motifs is 2. The van der Waals surface area contributed by atoms with Gasteiger partial charge in [-0.15, -0.1) is 0 Å². The van der Waals surface area contributed by atoms with Crippen LogP contribution >= 0.6 is 0 Å². The van der Waals surface area contributed by atoms with Gasteiger partial charge in [-0.2, -0.15) is 0 Å². The van der Waals surface area contributed by atoms with Gasteiger partial charge in [0.15, 0.2) is 0 Å². The second-order valence-corrected chi connectivity index (χ2v) is 17.1. The third-order valence-corrected chi connectivity index (χ3v) is 14.5. The molecule has 0 N–H and O–H groups in total. The summed E-state index contributed by atoms with van der Waals surface area (Å²) < 4.78 is 6.22. The molecule has 2 heteroatoms. The van der Waals surface area contributed by atoms with E-state index in [0.29, 0.717) is 33.5 Å². The van der Waals surface area contributed by atoms with Crippen LogP contribution in [0.5, 0.6) is 0 Å². The Bertz CT molecular complexity index is 1060. The highest BCUT2D eigenvalue weighted by Gasteiger charge is 2.82. The summed E-state index contributed by atoms with van der Waals surface area (Å²) in [6.07, 6.45) is 28.4. The molecule has 0 aromatic carbocycles. The summed E-state index contributed by atoms with van der Waals surface area (Å²) in [7, 11) is 0. The van der Waals surface area contributed by atoms with Gasteiger partial charge >= 0.3 is 5.97 Å². The molecule has 42 heavy (non-hydrogen) atoms. The lowest BCUT2D eigenvalue weighted by Crippen LogP contribution is -2.57. The van der Waals surface area contributed by atoms with E-state index in [0.717, 1.165) is 24.7 Å². The van der Waals surface area contributed by atoms with Crippen LogP contribution in [0.25, 0.3) is 0 Å². The van der Waals surface area contributed by atoms with Gasteiger partial charge in [-0.25, -0.2) is 4.79 Å². The number of hydrogen-bond donors (Lipinski definition) is 0. The number of carbonyl (C=O) groups is 1. The summed E-state index contributed by atoms with van der Waals surface area (Å²) in [4.78, 5) is 12.8. The van der Waals surface area contributed by atoms with E-state index >= 15 is 0 Å². The lowest BCUT2D eigenvalue weighted by Gasteiger charge is -2.63. The van der Waals surface area contributed by atoms with Crippen molar-refractivity contribution >= 4 is 5.97 Å². The first-order valence-electron chi connectivity index (χ1n) is 18.1. The average molecular weight is 577 g/mol. The summed E-state index contributed by atoms with van der Waals surface area (Å²) in [5.74, 6) is 2.87. The monoisotopic (exact) mass is 576 g/mol. The quantitative estimate of drug-likeness (QED) is 0.0759. The predicted molar refractivity (Wildman–Crippen MR) is 177 cm³/mol. The van der Waals surface area contributed by atoms with Crippen molar-refractivity contribution in [2.75, 3.05) is 0 Å². The highest BCUT2D eigenvalue weighted by molar-refractivity contribution is 5.82. The van der Waals surface area contributed by atoms with E-state index in [4.69, 9.17) is 11.3 Å². The van der Waals surface area contributed by atoms with Crippen LogP contribution in [0, 0.1) is 50.7 Å². The molecule has 0 saturated heterocycles. The molecular weight excluding hydrogens is 512 g/mol. The zero-order valence-corrected chi connectivity index (χ0v) is 28.5. The summed E-state index contributed by atoms with van der Waals surface area (Å²) in [5, 5.41) is 0. The van der Waals surface area contributed by atoms with Gasteiger partial charge in [0.1, 0.15) is 6.10 Å². The number of hydrogen-bond acceptors (Lipinski definition) is 2. The summed E-state index contributed by atoms with van der Waals surface area (Å²) in [6, 6.07) is 0. The Morgan fingerprint density at radius 2 is 1.62 bits per heavy atom. The van der Waals surface area contributed by atoms with Gasteiger partial charge in [0, 0.05) is 11.5 Å². The van der Waals surface area contributed by atoms with Crippen molar-refractivity contribution in [2.45, 2.75) is 157 Å². The van der Waals surface area contributed by atoms with Gasteiger partial charge in [-0.3, -0.25) is 0 Å². The van der Waals surface area contributed by atoms with E-state index in [1.165, 1.54) is 89.9 Å². The van der Waals surface area contributed by atoms with Crippen molar-refractivity contribution in [1.82, 2.24) is 0 Å². The highest BCUT2D eigenvalue weighted by atomic mass is 16.5. The van der Waals surface area contributed by atoms with Crippen LogP contribution in [0.15, 0.2) is 36.5 Å². The molecule has 8 atom stereocenters. The molecule has 0 heterocycles. The van der Waals surface area contributed by atoms with Crippen LogP contribution in [0.3, 0.4) is 0 Å². The Labute approximate surface area is 259 Å². The third kappa shape index (κ3) is 5.11. The maximum absolute atomic E-state index is 12.8. The number of unbranched alkanes of at least 4 members (excludes halogenated alkanes) is 3. The molecule has 0 aromatic heterocycles. The summed E-state index contributed by atoms with van der Waals surface area (Å²) in [5.41, 5.74) is 3.47. The summed E-state index contributed by atoms with van der Waals surface area (Å²) in [6.45, 7) is 21.9. The zero-order valence-electron chi connectivity index (χ0n) is 28.5. The Morgan fingerprint density at radius 3 is 2.36 bits per heavy atom. The molecule has 5 aliphatic carbocycles. The van der Waals surface area contributed by atoms with Gasteiger partial charge in [-0.1, -0.05) is 98.1 Å². The van der Waals surface area contributed by atoms with Crippen molar-refractivity contribution in [1.29, 1.82) is 0 Å². The molecule has 5 rings (SSSR count). The second kappa shape index (κ2) is 11.9. The van der Waals surface area contributed by atoms with Gasteiger partial charge < -0.3 is 4.74 Å². The highest BCUT2D eigenvalue weighted by Crippen LogP contribution is 2.89. The van der Waals surface area contributed by atoms with Crippen molar-refractivity contribution in [3.8, 4) is 0 Å². The van der Waals surface area contributed by atoms with Gasteiger partial charge in [0.05, 0.1) is 0 Å². The Balaban J connectivity index is 1.24. The van der Waals surface area contributed by atoms with Gasteiger partial charge in [0.2, 0.25) is 0 Å². The van der Waals surface area contributed by atoms with Crippen LogP contribution in [-0.4, -0.2) is 12.1 Å². The Hall–Kier alpha value is -1.31. The van der Waals surface area contributed by atoms with Gasteiger partial charge in [-0.05, 0) is 129 Å². The normalized spacial score (nSPS) is 41.8. The van der Waals surface area contributed by atoms with E-state index in [1.807, 2.05) is 12.2 Å². The lowest BCUT2D eigenvalue weighted by molar-refractivity contribution is -0.177. The van der Waals surface area contributed by atoms with E-state index < -0.39 is 0 Å². The first kappa shape index (κ1) is 32.1. The number of ether oxygens (including phenoxy) is 1. The van der Waals surface area contributed by atoms with E-state index in [-0.39, 0.29) is 17.5 Å². The molecule has 236 valence electrons. The van der Waals surface area contributed by atoms with E-state index in [1.54, 1.807) is 11.6 Å². The number of allylic oxidation sites excluding steroid dienone is 4. The fraction of sp³-hybridized carbons (Fsp3) is 0.825. The van der Waals surface area contributed by atoms with Crippen LogP contribution in [-0.2, 0) is 9.53 Å². The number of esters is 1. The third-order valence-electron chi connectivity index (χ3n) is 14.5. The predicted octanol–water partition coefficient (Wildman–Crippen LogP) is 11.4. The molecule has 0 bridgehead atoms. The fourth-order valence-electron chi connectivity index (χ4n) is 12.1. The number of rotatable bonds is 12. The van der Waals surface area contributed by atoms with Crippen LogP contribution < -0.4 is 0 Å². The molecule has 2 nitrogen and oxygen atoms in total. The fourth-order valence-corrected chi connectivity index (χ4v) is 12.1. The van der Waals surface area contributed by atoms with Crippen molar-refractivity contribution in [2.24, 2.45) is 50.7 Å².